The van der Waals surface area contributed by atoms with Gasteiger partial charge in [0.2, 0.25) is 0 Å². The maximum Gasteiger partial charge on any atom is 0.321 e. The molecular formula is C12H13ClN2O4S. The summed E-state index contributed by atoms with van der Waals surface area (Å²) in [6.07, 6.45) is 0. The number of carboxylic acid groups (broad SMARTS) is 1. The van der Waals surface area contributed by atoms with Crippen LogP contribution >= 0.6 is 23.4 Å². The number of carboxylic acids is 1. The van der Waals surface area contributed by atoms with Gasteiger partial charge in [-0.1, -0.05) is 11.6 Å². The van der Waals surface area contributed by atoms with E-state index in [1.807, 2.05) is 0 Å². The molecule has 0 spiro atoms. The van der Waals surface area contributed by atoms with Crippen molar-refractivity contribution in [2.24, 2.45) is 0 Å². The van der Waals surface area contributed by atoms with E-state index in [4.69, 9.17) is 11.6 Å². The summed E-state index contributed by atoms with van der Waals surface area (Å²) in [6, 6.07) is 3.73. The first-order valence-electron chi connectivity index (χ1n) is 5.96. The summed E-state index contributed by atoms with van der Waals surface area (Å²) in [6.45, 7) is 0.805. The third-order valence-electron chi connectivity index (χ3n) is 3.14. The van der Waals surface area contributed by atoms with Gasteiger partial charge in [0.15, 0.2) is 0 Å². The van der Waals surface area contributed by atoms with Crippen molar-refractivity contribution in [1.82, 2.24) is 4.90 Å². The van der Waals surface area contributed by atoms with Crippen LogP contribution < -0.4 is 0 Å². The van der Waals surface area contributed by atoms with Crippen LogP contribution in [0.1, 0.15) is 5.56 Å². The molecule has 0 radical (unpaired) electrons. The van der Waals surface area contributed by atoms with Crippen molar-refractivity contribution in [3.8, 4) is 0 Å². The van der Waals surface area contributed by atoms with Gasteiger partial charge in [-0.05, 0) is 12.1 Å². The molecular weight excluding hydrogens is 304 g/mol. The van der Waals surface area contributed by atoms with Crippen LogP contribution in [0.5, 0.6) is 0 Å². The van der Waals surface area contributed by atoms with Crippen molar-refractivity contribution in [2.45, 2.75) is 12.6 Å². The van der Waals surface area contributed by atoms with Crippen LogP contribution in [0.3, 0.4) is 0 Å². The normalized spacial score (nSPS) is 19.8. The minimum Gasteiger partial charge on any atom is -0.480 e. The van der Waals surface area contributed by atoms with E-state index in [2.05, 4.69) is 0 Å². The van der Waals surface area contributed by atoms with Gasteiger partial charge in [0.25, 0.3) is 5.69 Å². The van der Waals surface area contributed by atoms with Gasteiger partial charge in [-0.25, -0.2) is 0 Å². The van der Waals surface area contributed by atoms with Crippen molar-refractivity contribution in [1.29, 1.82) is 0 Å². The van der Waals surface area contributed by atoms with Gasteiger partial charge in [0, 0.05) is 41.2 Å². The Kier molecular flexibility index (Phi) is 4.85. The van der Waals surface area contributed by atoms with Crippen molar-refractivity contribution < 1.29 is 14.8 Å². The highest BCUT2D eigenvalue weighted by Gasteiger charge is 2.30. The highest BCUT2D eigenvalue weighted by atomic mass is 35.5. The van der Waals surface area contributed by atoms with Gasteiger partial charge in [-0.15, -0.1) is 0 Å². The summed E-state index contributed by atoms with van der Waals surface area (Å²) >= 11 is 7.45. The van der Waals surface area contributed by atoms with Gasteiger partial charge in [-0.3, -0.25) is 19.8 Å². The molecule has 1 aliphatic heterocycles. The Morgan fingerprint density at radius 3 is 3.00 bits per heavy atom. The molecule has 108 valence electrons. The standard InChI is InChI=1S/C12H13ClN2O4S/c13-9-1-2-10(15(18)19)8(5-9)6-14-3-4-20-7-11(14)12(16)17/h1-2,5,11H,3-4,6-7H2,(H,16,17). The first-order chi connectivity index (χ1) is 9.49. The second kappa shape index (κ2) is 6.43. The fourth-order valence-corrected chi connectivity index (χ4v) is 3.43. The number of benzene rings is 1. The monoisotopic (exact) mass is 316 g/mol. The molecule has 1 fully saturated rings. The number of rotatable bonds is 4. The van der Waals surface area contributed by atoms with Gasteiger partial charge >= 0.3 is 5.97 Å². The number of halogens is 1. The molecule has 1 saturated heterocycles. The Labute approximate surface area is 124 Å². The Morgan fingerprint density at radius 2 is 2.35 bits per heavy atom. The van der Waals surface area contributed by atoms with Gasteiger partial charge in [0.05, 0.1) is 4.92 Å². The lowest BCUT2D eigenvalue weighted by Crippen LogP contribution is -2.46. The SMILES string of the molecule is O=C(O)C1CSCCN1Cc1cc(Cl)ccc1[N+](=O)[O-]. The van der Waals surface area contributed by atoms with Gasteiger partial charge < -0.3 is 5.11 Å². The van der Waals surface area contributed by atoms with Crippen LogP contribution in [0.2, 0.25) is 5.02 Å². The van der Waals surface area contributed by atoms with Crippen molar-refractivity contribution in [3.63, 3.8) is 0 Å². The van der Waals surface area contributed by atoms with E-state index >= 15 is 0 Å². The Balaban J connectivity index is 2.25. The summed E-state index contributed by atoms with van der Waals surface area (Å²) in [5.41, 5.74) is 0.414. The number of nitro groups is 1. The topological polar surface area (TPSA) is 83.7 Å². The average Bonchev–Trinajstić information content (AvgIpc) is 2.38. The summed E-state index contributed by atoms with van der Waals surface area (Å²) in [7, 11) is 0. The predicted octanol–water partition coefficient (Wildman–Crippen LogP) is 2.25. The highest BCUT2D eigenvalue weighted by molar-refractivity contribution is 7.99. The molecule has 1 unspecified atom stereocenters. The smallest absolute Gasteiger partial charge is 0.321 e. The second-order valence-electron chi connectivity index (χ2n) is 4.43. The highest BCUT2D eigenvalue weighted by Crippen LogP contribution is 2.26. The van der Waals surface area contributed by atoms with E-state index in [0.29, 0.717) is 22.9 Å². The average molecular weight is 317 g/mol. The number of nitro benzene ring substituents is 1. The van der Waals surface area contributed by atoms with E-state index in [1.54, 1.807) is 16.7 Å². The lowest BCUT2D eigenvalue weighted by atomic mass is 10.1. The third-order valence-corrected chi connectivity index (χ3v) is 4.39. The van der Waals surface area contributed by atoms with Crippen LogP contribution in [-0.4, -0.2) is 45.0 Å². The van der Waals surface area contributed by atoms with E-state index in [-0.39, 0.29) is 12.2 Å². The minimum absolute atomic E-state index is 0.0308. The van der Waals surface area contributed by atoms with Gasteiger partial charge in [0.1, 0.15) is 6.04 Å². The molecule has 1 N–H and O–H groups in total. The second-order valence-corrected chi connectivity index (χ2v) is 6.02. The molecule has 1 atom stereocenters. The largest absolute Gasteiger partial charge is 0.480 e. The molecule has 0 bridgehead atoms. The number of hydrogen-bond acceptors (Lipinski definition) is 5. The number of carbonyl (C=O) groups is 1. The number of thioether (sulfide) groups is 1. The van der Waals surface area contributed by atoms with Crippen LogP contribution in [0.25, 0.3) is 0 Å². The molecule has 0 amide bonds. The Morgan fingerprint density at radius 1 is 1.60 bits per heavy atom. The molecule has 0 saturated carbocycles. The zero-order valence-corrected chi connectivity index (χ0v) is 12.1. The predicted molar refractivity (Wildman–Crippen MR) is 77.3 cm³/mol. The maximum atomic E-state index is 11.2. The first kappa shape index (κ1) is 15.1. The fraction of sp³-hybridized carbons (Fsp3) is 0.417. The molecule has 0 aromatic heterocycles. The third kappa shape index (κ3) is 3.41. The van der Waals surface area contributed by atoms with Crippen molar-refractivity contribution >= 4 is 35.0 Å². The van der Waals surface area contributed by atoms with Crippen LogP contribution in [0.4, 0.5) is 5.69 Å². The zero-order valence-electron chi connectivity index (χ0n) is 10.5. The first-order valence-corrected chi connectivity index (χ1v) is 7.49. The molecule has 8 heteroatoms. The molecule has 1 aromatic rings. The lowest BCUT2D eigenvalue weighted by Gasteiger charge is -2.32. The molecule has 1 aromatic carbocycles. The molecule has 6 nitrogen and oxygen atoms in total. The minimum atomic E-state index is -0.901. The molecule has 2 rings (SSSR count). The Bertz CT molecular complexity index is 540. The maximum absolute atomic E-state index is 11.2. The lowest BCUT2D eigenvalue weighted by molar-refractivity contribution is -0.385. The quantitative estimate of drug-likeness (QED) is 0.677. The van der Waals surface area contributed by atoms with Gasteiger partial charge in [-0.2, -0.15) is 11.8 Å². The van der Waals surface area contributed by atoms with Crippen molar-refractivity contribution in [2.75, 3.05) is 18.1 Å². The summed E-state index contributed by atoms with van der Waals surface area (Å²) < 4.78 is 0. The number of hydrogen-bond donors (Lipinski definition) is 1. The fourth-order valence-electron chi connectivity index (χ4n) is 2.13. The molecule has 20 heavy (non-hydrogen) atoms. The van der Waals surface area contributed by atoms with Crippen LogP contribution in [0.15, 0.2) is 18.2 Å². The Hall–Kier alpha value is -1.31. The van der Waals surface area contributed by atoms with E-state index < -0.39 is 16.9 Å². The van der Waals surface area contributed by atoms with E-state index in [0.717, 1.165) is 5.75 Å². The van der Waals surface area contributed by atoms with E-state index in [9.17, 15) is 20.0 Å². The van der Waals surface area contributed by atoms with E-state index in [1.165, 1.54) is 18.2 Å². The summed E-state index contributed by atoms with van der Waals surface area (Å²) in [5.74, 6) is 0.406. The van der Waals surface area contributed by atoms with Crippen molar-refractivity contribution in [3.05, 3.63) is 38.9 Å². The zero-order chi connectivity index (χ0) is 14.7. The van der Waals surface area contributed by atoms with Crippen LogP contribution in [0, 0.1) is 10.1 Å². The number of nitrogens with zero attached hydrogens (tertiary/aromatic N) is 2. The molecule has 0 aliphatic carbocycles. The molecule has 1 heterocycles. The van der Waals surface area contributed by atoms with Crippen LogP contribution in [-0.2, 0) is 11.3 Å². The summed E-state index contributed by atoms with van der Waals surface area (Å²) in [5, 5.41) is 20.6. The molecule has 1 aliphatic rings. The number of aliphatic carboxylic acids is 1. The summed E-state index contributed by atoms with van der Waals surface area (Å²) in [4.78, 5) is 23.5.